The predicted octanol–water partition coefficient (Wildman–Crippen LogP) is 0.984. The minimum Gasteiger partial charge on any atom is -0.370 e. The summed E-state index contributed by atoms with van der Waals surface area (Å²) in [5, 5.41) is 13.0. The summed E-state index contributed by atoms with van der Waals surface area (Å²) in [6.07, 6.45) is 6.89. The van der Waals surface area contributed by atoms with E-state index < -0.39 is 5.56 Å². The van der Waals surface area contributed by atoms with Crippen molar-refractivity contribution in [3.63, 3.8) is 0 Å². The molecular weight excluding hydrogens is 384 g/mol. The van der Waals surface area contributed by atoms with Gasteiger partial charge >= 0.3 is 0 Å². The number of aryl methyl sites for hydroxylation is 1. The fraction of sp³-hybridized carbons (Fsp3) is 0.286. The molecular formula is C21H22N6O3. The maximum absolute atomic E-state index is 12.6. The van der Waals surface area contributed by atoms with Crippen molar-refractivity contribution in [2.45, 2.75) is 19.8 Å². The first-order valence-electron chi connectivity index (χ1n) is 9.84. The number of carbonyl (C=O) groups is 1. The van der Waals surface area contributed by atoms with Crippen molar-refractivity contribution in [3.8, 4) is 0 Å². The van der Waals surface area contributed by atoms with Crippen LogP contribution < -0.4 is 16.3 Å². The second kappa shape index (κ2) is 8.32. The first-order valence-corrected chi connectivity index (χ1v) is 9.84. The number of nitrogens with zero attached hydrogens (tertiary/aromatic N) is 3. The number of hydrogen-bond acceptors (Lipinski definition) is 6. The van der Waals surface area contributed by atoms with Crippen LogP contribution in [0.2, 0.25) is 0 Å². The molecule has 2 aromatic heterocycles. The van der Waals surface area contributed by atoms with Gasteiger partial charge in [-0.05, 0) is 37.1 Å². The number of benzene rings is 1. The van der Waals surface area contributed by atoms with Crippen molar-refractivity contribution in [2.75, 3.05) is 19.6 Å². The van der Waals surface area contributed by atoms with Gasteiger partial charge in [0.25, 0.3) is 5.56 Å². The van der Waals surface area contributed by atoms with E-state index in [4.69, 9.17) is 0 Å². The highest BCUT2D eigenvalue weighted by molar-refractivity contribution is 5.86. The summed E-state index contributed by atoms with van der Waals surface area (Å²) in [6, 6.07) is 5.17. The van der Waals surface area contributed by atoms with E-state index in [1.807, 2.05) is 12.2 Å². The van der Waals surface area contributed by atoms with Crippen molar-refractivity contribution in [1.29, 1.82) is 0 Å². The Morgan fingerprint density at radius 2 is 2.17 bits per heavy atom. The summed E-state index contributed by atoms with van der Waals surface area (Å²) >= 11 is 0. The highest BCUT2D eigenvalue weighted by Crippen LogP contribution is 2.13. The molecule has 0 spiro atoms. The summed E-state index contributed by atoms with van der Waals surface area (Å²) < 4.78 is 0. The molecule has 1 aromatic carbocycles. The van der Waals surface area contributed by atoms with Crippen molar-refractivity contribution in [1.82, 2.24) is 30.6 Å². The Labute approximate surface area is 171 Å². The van der Waals surface area contributed by atoms with Crippen LogP contribution in [-0.4, -0.2) is 50.8 Å². The average molecular weight is 406 g/mol. The minimum atomic E-state index is -0.490. The van der Waals surface area contributed by atoms with Crippen molar-refractivity contribution in [3.05, 3.63) is 68.3 Å². The van der Waals surface area contributed by atoms with Gasteiger partial charge in [-0.1, -0.05) is 23.4 Å². The minimum absolute atomic E-state index is 0.0230. The maximum Gasteiger partial charge on any atom is 0.278 e. The normalized spacial score (nSPS) is 13.6. The number of carbonyl (C=O) groups excluding carboxylic acids is 1. The molecule has 0 atom stereocenters. The predicted molar refractivity (Wildman–Crippen MR) is 114 cm³/mol. The summed E-state index contributed by atoms with van der Waals surface area (Å²) in [6.45, 7) is 4.32. The summed E-state index contributed by atoms with van der Waals surface area (Å²) in [5.41, 5.74) is 1.57. The maximum atomic E-state index is 12.6. The van der Waals surface area contributed by atoms with Gasteiger partial charge in [0.05, 0.1) is 12.1 Å². The van der Waals surface area contributed by atoms with Gasteiger partial charge in [0.15, 0.2) is 5.52 Å². The standard InChI is InChI=1S/C21H22N6O3/c1-2-27-10-4-3-5-14(27)12-22-17(28)9-7-13-6-8-15-16(11-13)23-21(30)19-18(20(15)29)24-26-25-19/h3-6,8,11H,2,7,9-10,12H2,1H3,(H,22,28)(H,23,30)(H,24,25,26). The lowest BCUT2D eigenvalue weighted by Crippen LogP contribution is -2.34. The van der Waals surface area contributed by atoms with Gasteiger partial charge in [-0.2, -0.15) is 0 Å². The summed E-state index contributed by atoms with van der Waals surface area (Å²) in [7, 11) is 0. The summed E-state index contributed by atoms with van der Waals surface area (Å²) in [5.74, 6) is -0.0539. The van der Waals surface area contributed by atoms with Crippen LogP contribution in [0.3, 0.4) is 0 Å². The van der Waals surface area contributed by atoms with Crippen LogP contribution in [0.15, 0.2) is 51.7 Å². The third-order valence-corrected chi connectivity index (χ3v) is 5.21. The van der Waals surface area contributed by atoms with Gasteiger partial charge in [-0.25, -0.2) is 0 Å². The fourth-order valence-corrected chi connectivity index (χ4v) is 3.54. The molecule has 30 heavy (non-hydrogen) atoms. The van der Waals surface area contributed by atoms with E-state index in [0.717, 1.165) is 24.4 Å². The van der Waals surface area contributed by atoms with Gasteiger partial charge in [0.2, 0.25) is 11.3 Å². The molecule has 0 unspecified atom stereocenters. The van der Waals surface area contributed by atoms with E-state index in [0.29, 0.717) is 30.3 Å². The fourth-order valence-electron chi connectivity index (χ4n) is 3.54. The Bertz CT molecular complexity index is 1290. The van der Waals surface area contributed by atoms with E-state index in [-0.39, 0.29) is 22.4 Å². The number of hydrogen-bond donors (Lipinski definition) is 3. The molecule has 0 aliphatic carbocycles. The van der Waals surface area contributed by atoms with Gasteiger partial charge in [0.1, 0.15) is 5.52 Å². The zero-order valence-corrected chi connectivity index (χ0v) is 16.6. The number of nitrogens with one attached hydrogen (secondary N) is 3. The third-order valence-electron chi connectivity index (χ3n) is 5.21. The zero-order valence-electron chi connectivity index (χ0n) is 16.6. The smallest absolute Gasteiger partial charge is 0.278 e. The highest BCUT2D eigenvalue weighted by Gasteiger charge is 2.12. The number of allylic oxidation sites excluding steroid dienone is 2. The molecule has 0 bridgehead atoms. The lowest BCUT2D eigenvalue weighted by atomic mass is 10.1. The van der Waals surface area contributed by atoms with Crippen LogP contribution in [0.5, 0.6) is 0 Å². The second-order valence-corrected chi connectivity index (χ2v) is 7.10. The van der Waals surface area contributed by atoms with Crippen molar-refractivity contribution >= 4 is 27.8 Å². The summed E-state index contributed by atoms with van der Waals surface area (Å²) in [4.78, 5) is 42.1. The second-order valence-electron chi connectivity index (χ2n) is 7.10. The first-order chi connectivity index (χ1) is 14.6. The van der Waals surface area contributed by atoms with E-state index in [1.54, 1.807) is 18.2 Å². The Kier molecular flexibility index (Phi) is 5.42. The lowest BCUT2D eigenvalue weighted by Gasteiger charge is -2.27. The van der Waals surface area contributed by atoms with Crippen molar-refractivity contribution < 1.29 is 4.79 Å². The topological polar surface area (TPSA) is 124 Å². The van der Waals surface area contributed by atoms with E-state index in [2.05, 4.69) is 43.6 Å². The molecule has 0 radical (unpaired) electrons. The number of aromatic amines is 2. The molecule has 0 saturated carbocycles. The number of rotatable bonds is 6. The van der Waals surface area contributed by atoms with Crippen LogP contribution >= 0.6 is 0 Å². The quantitative estimate of drug-likeness (QED) is 0.561. The molecule has 9 nitrogen and oxygen atoms in total. The van der Waals surface area contributed by atoms with Gasteiger partial charge in [-0.15, -0.1) is 5.10 Å². The average Bonchev–Trinajstić information content (AvgIpc) is 3.23. The van der Waals surface area contributed by atoms with Crippen LogP contribution in [-0.2, 0) is 11.2 Å². The number of H-pyrrole nitrogens is 2. The van der Waals surface area contributed by atoms with Crippen LogP contribution in [0.4, 0.5) is 0 Å². The van der Waals surface area contributed by atoms with E-state index in [9.17, 15) is 14.4 Å². The highest BCUT2D eigenvalue weighted by atomic mass is 16.1. The molecule has 9 heteroatoms. The van der Waals surface area contributed by atoms with Crippen molar-refractivity contribution in [2.24, 2.45) is 0 Å². The Morgan fingerprint density at radius 1 is 1.30 bits per heavy atom. The molecule has 4 rings (SSSR count). The van der Waals surface area contributed by atoms with Gasteiger partial charge in [-0.3, -0.25) is 19.5 Å². The Hall–Kier alpha value is -3.75. The number of amides is 1. The SMILES string of the molecule is CCN1CC=CC=C1CNC(=O)CCc1ccc2c(=O)c3[nH]nnc3c(=O)[nH]c2c1. The van der Waals surface area contributed by atoms with Crippen LogP contribution in [0.25, 0.3) is 21.9 Å². The Morgan fingerprint density at radius 3 is 3.00 bits per heavy atom. The zero-order chi connectivity index (χ0) is 21.1. The third kappa shape index (κ3) is 3.86. The molecule has 1 amide bonds. The molecule has 1 aliphatic heterocycles. The monoisotopic (exact) mass is 406 g/mol. The van der Waals surface area contributed by atoms with Gasteiger partial charge in [0, 0.05) is 30.6 Å². The number of fused-ring (bicyclic) bond motifs is 2. The molecule has 0 saturated heterocycles. The van der Waals surface area contributed by atoms with E-state index >= 15 is 0 Å². The van der Waals surface area contributed by atoms with E-state index in [1.165, 1.54) is 0 Å². The lowest BCUT2D eigenvalue weighted by molar-refractivity contribution is -0.120. The molecule has 1 aliphatic rings. The molecule has 0 fully saturated rings. The molecule has 3 heterocycles. The first kappa shape index (κ1) is 19.6. The molecule has 3 N–H and O–H groups in total. The number of aromatic nitrogens is 4. The number of likely N-dealkylation sites (N-methyl/N-ethyl adjacent to an activating group) is 1. The largest absolute Gasteiger partial charge is 0.370 e. The molecule has 154 valence electrons. The van der Waals surface area contributed by atoms with Crippen LogP contribution in [0.1, 0.15) is 18.9 Å². The van der Waals surface area contributed by atoms with Gasteiger partial charge < -0.3 is 15.2 Å². The Balaban J connectivity index is 1.47. The molecule has 3 aromatic rings. The van der Waals surface area contributed by atoms with Crippen LogP contribution in [0, 0.1) is 0 Å².